The molecule has 0 aliphatic heterocycles. The molecule has 0 unspecified atom stereocenters. The van der Waals surface area contributed by atoms with E-state index in [0.717, 1.165) is 68.5 Å². The molecule has 0 saturated heterocycles. The van der Waals surface area contributed by atoms with Crippen LogP contribution in [0.5, 0.6) is 5.75 Å². The van der Waals surface area contributed by atoms with Gasteiger partial charge in [0.15, 0.2) is 0 Å². The van der Waals surface area contributed by atoms with Crippen LogP contribution in [0.1, 0.15) is 30.5 Å². The van der Waals surface area contributed by atoms with E-state index in [2.05, 4.69) is 24.2 Å². The predicted molar refractivity (Wildman–Crippen MR) is 158 cm³/mol. The Bertz CT molecular complexity index is 1760. The molecule has 210 valence electrons. The van der Waals surface area contributed by atoms with Gasteiger partial charge < -0.3 is 10.1 Å². The Morgan fingerprint density at radius 2 is 1.85 bits per heavy atom. The number of halogens is 3. The van der Waals surface area contributed by atoms with Crippen LogP contribution in [0.3, 0.4) is 0 Å². The zero-order valence-electron chi connectivity index (χ0n) is 22.4. The molecular formula is C30H26F3N5O2S. The number of amides is 2. The largest absolute Gasteiger partial charge is 0.573 e. The van der Waals surface area contributed by atoms with E-state index in [9.17, 15) is 18.0 Å². The molecule has 4 aromatic carbocycles. The number of para-hydroxylation sites is 1. The summed E-state index contributed by atoms with van der Waals surface area (Å²) in [6.45, 7) is 5.86. The van der Waals surface area contributed by atoms with Crippen molar-refractivity contribution in [3.63, 3.8) is 0 Å². The van der Waals surface area contributed by atoms with Gasteiger partial charge in [0.05, 0.1) is 28.9 Å². The van der Waals surface area contributed by atoms with Crippen molar-refractivity contribution in [1.29, 1.82) is 0 Å². The minimum atomic E-state index is -4.74. The quantitative estimate of drug-likeness (QED) is 0.151. The van der Waals surface area contributed by atoms with Crippen molar-refractivity contribution in [2.24, 2.45) is 4.40 Å². The van der Waals surface area contributed by atoms with Crippen molar-refractivity contribution in [1.82, 2.24) is 14.3 Å². The van der Waals surface area contributed by atoms with Crippen molar-refractivity contribution in [3.8, 4) is 11.4 Å². The van der Waals surface area contributed by atoms with E-state index in [1.807, 2.05) is 69.3 Å². The lowest BCUT2D eigenvalue weighted by Crippen LogP contribution is -2.23. The van der Waals surface area contributed by atoms with Gasteiger partial charge in [-0.15, -0.1) is 13.2 Å². The minimum Gasteiger partial charge on any atom is -0.406 e. The Morgan fingerprint density at radius 1 is 1.07 bits per heavy atom. The monoisotopic (exact) mass is 577 g/mol. The summed E-state index contributed by atoms with van der Waals surface area (Å²) < 4.78 is 50.4. The minimum absolute atomic E-state index is 0.286. The third kappa shape index (κ3) is 6.30. The van der Waals surface area contributed by atoms with Gasteiger partial charge in [-0.1, -0.05) is 43.3 Å². The van der Waals surface area contributed by atoms with Crippen LogP contribution in [0.25, 0.3) is 27.5 Å². The van der Waals surface area contributed by atoms with E-state index in [1.54, 1.807) is 23.0 Å². The lowest BCUT2D eigenvalue weighted by atomic mass is 10.0. The van der Waals surface area contributed by atoms with Crippen molar-refractivity contribution in [2.75, 3.05) is 5.32 Å². The number of ether oxygens (including phenoxy) is 1. The maximum atomic E-state index is 12.5. The fourth-order valence-electron chi connectivity index (χ4n) is 4.58. The molecule has 1 aromatic heterocycles. The number of benzene rings is 4. The average molecular weight is 578 g/mol. The molecule has 0 radical (unpaired) electrons. The van der Waals surface area contributed by atoms with Gasteiger partial charge in [-0.25, -0.2) is 9.78 Å². The molecule has 2 N–H and O–H groups in total. The predicted octanol–water partition coefficient (Wildman–Crippen LogP) is 8.14. The summed E-state index contributed by atoms with van der Waals surface area (Å²) in [5.74, 6) is -0.286. The SMILES string of the molecule is CCc1cccc(C)c1NC(=O)NS/N=C(\C)c1ccc2c(ccc3c2ncn3-c2ccc(OC(F)(F)F)cc2)c1. The maximum absolute atomic E-state index is 12.5. The van der Waals surface area contributed by atoms with Crippen molar-refractivity contribution in [3.05, 3.63) is 95.8 Å². The summed E-state index contributed by atoms with van der Waals surface area (Å²) in [6, 6.07) is 21.0. The number of anilines is 1. The van der Waals surface area contributed by atoms with Crippen LogP contribution in [0.2, 0.25) is 0 Å². The third-order valence-electron chi connectivity index (χ3n) is 6.60. The van der Waals surface area contributed by atoms with Crippen LogP contribution in [0, 0.1) is 6.92 Å². The van der Waals surface area contributed by atoms with E-state index in [1.165, 1.54) is 12.1 Å². The molecule has 7 nitrogen and oxygen atoms in total. The number of aryl methyl sites for hydroxylation is 2. The number of carbonyl (C=O) groups excluding carboxylic acids is 1. The highest BCUT2D eigenvalue weighted by atomic mass is 32.2. The molecule has 0 atom stereocenters. The molecule has 5 rings (SSSR count). The first-order chi connectivity index (χ1) is 19.6. The zero-order valence-corrected chi connectivity index (χ0v) is 23.2. The maximum Gasteiger partial charge on any atom is 0.573 e. The fraction of sp³-hybridized carbons (Fsp3) is 0.167. The van der Waals surface area contributed by atoms with Gasteiger partial charge in [-0.05, 0) is 78.7 Å². The summed E-state index contributed by atoms with van der Waals surface area (Å²) >= 11 is 0.955. The van der Waals surface area contributed by atoms with Crippen LogP contribution < -0.4 is 14.8 Å². The highest BCUT2D eigenvalue weighted by Crippen LogP contribution is 2.29. The first-order valence-corrected chi connectivity index (χ1v) is 13.5. The van der Waals surface area contributed by atoms with Crippen LogP contribution in [0.4, 0.5) is 23.7 Å². The van der Waals surface area contributed by atoms with Crippen molar-refractivity contribution < 1.29 is 22.7 Å². The second-order valence-electron chi connectivity index (χ2n) is 9.31. The number of rotatable bonds is 7. The number of hydrogen-bond acceptors (Lipinski definition) is 5. The van der Waals surface area contributed by atoms with Gasteiger partial charge >= 0.3 is 12.4 Å². The highest BCUT2D eigenvalue weighted by Gasteiger charge is 2.31. The first-order valence-electron chi connectivity index (χ1n) is 12.8. The standard InChI is InChI=1S/C30H26F3N5O2S/c1-4-20-7-5-6-18(2)27(20)35-29(39)37-41-36-19(3)21-8-14-25-22(16-21)9-15-26-28(25)34-17-38(26)23-10-12-24(13-11-23)40-30(31,32)33/h5-17H,4H2,1-3H3,(H2,35,37,39)/b36-19+. The van der Waals surface area contributed by atoms with Gasteiger partial charge in [-0.3, -0.25) is 9.29 Å². The van der Waals surface area contributed by atoms with E-state index in [-0.39, 0.29) is 11.8 Å². The number of nitrogens with zero attached hydrogens (tertiary/aromatic N) is 3. The van der Waals surface area contributed by atoms with Crippen LogP contribution >= 0.6 is 12.1 Å². The summed E-state index contributed by atoms with van der Waals surface area (Å²) in [4.78, 5) is 17.0. The molecule has 0 spiro atoms. The van der Waals surface area contributed by atoms with E-state index >= 15 is 0 Å². The summed E-state index contributed by atoms with van der Waals surface area (Å²) in [7, 11) is 0. The Balaban J connectivity index is 1.30. The fourth-order valence-corrected chi connectivity index (χ4v) is 5.00. The lowest BCUT2D eigenvalue weighted by molar-refractivity contribution is -0.274. The Hall–Kier alpha value is -4.51. The summed E-state index contributed by atoms with van der Waals surface area (Å²) in [5.41, 5.74) is 6.71. The Kier molecular flexibility index (Phi) is 7.89. The molecule has 0 bridgehead atoms. The van der Waals surface area contributed by atoms with E-state index < -0.39 is 6.36 Å². The molecule has 0 fully saturated rings. The van der Waals surface area contributed by atoms with E-state index in [4.69, 9.17) is 0 Å². The molecule has 11 heteroatoms. The second kappa shape index (κ2) is 11.5. The molecular weight excluding hydrogens is 551 g/mol. The van der Waals surface area contributed by atoms with Gasteiger partial charge in [0.1, 0.15) is 12.1 Å². The highest BCUT2D eigenvalue weighted by molar-refractivity contribution is 7.96. The third-order valence-corrected chi connectivity index (χ3v) is 7.24. The molecule has 2 amide bonds. The smallest absolute Gasteiger partial charge is 0.406 e. The number of nitrogens with one attached hydrogen (secondary N) is 2. The summed E-state index contributed by atoms with van der Waals surface area (Å²) in [6.07, 6.45) is -2.30. The normalized spacial score (nSPS) is 12.1. The topological polar surface area (TPSA) is 80.5 Å². The van der Waals surface area contributed by atoms with Crippen LogP contribution in [-0.2, 0) is 6.42 Å². The molecule has 1 heterocycles. The van der Waals surface area contributed by atoms with Gasteiger partial charge in [-0.2, -0.15) is 4.40 Å². The first kappa shape index (κ1) is 28.0. The van der Waals surface area contributed by atoms with Crippen LogP contribution in [-0.4, -0.2) is 27.7 Å². The van der Waals surface area contributed by atoms with Gasteiger partial charge in [0.2, 0.25) is 0 Å². The Labute approximate surface area is 238 Å². The average Bonchev–Trinajstić information content (AvgIpc) is 3.38. The molecule has 5 aromatic rings. The number of urea groups is 1. The number of imidazole rings is 1. The van der Waals surface area contributed by atoms with Crippen LogP contribution in [0.15, 0.2) is 83.5 Å². The number of alkyl halides is 3. The van der Waals surface area contributed by atoms with Gasteiger partial charge in [0.25, 0.3) is 0 Å². The lowest BCUT2D eigenvalue weighted by Gasteiger charge is -2.12. The van der Waals surface area contributed by atoms with Crippen molar-refractivity contribution in [2.45, 2.75) is 33.6 Å². The van der Waals surface area contributed by atoms with Crippen molar-refractivity contribution >= 4 is 51.4 Å². The molecule has 41 heavy (non-hydrogen) atoms. The second-order valence-corrected chi connectivity index (χ2v) is 9.88. The molecule has 0 aliphatic rings. The van der Waals surface area contributed by atoms with E-state index in [0.29, 0.717) is 5.69 Å². The molecule has 0 saturated carbocycles. The number of carbonyl (C=O) groups is 1. The number of hydrogen-bond donors (Lipinski definition) is 2. The molecule has 0 aliphatic carbocycles. The van der Waals surface area contributed by atoms with Gasteiger partial charge in [0, 0.05) is 16.8 Å². The Morgan fingerprint density at radius 3 is 2.59 bits per heavy atom. The number of aromatic nitrogens is 2. The summed E-state index contributed by atoms with van der Waals surface area (Å²) in [5, 5.41) is 4.78. The number of fused-ring (bicyclic) bond motifs is 3. The zero-order chi connectivity index (χ0) is 29.1.